The van der Waals surface area contributed by atoms with E-state index in [1.165, 1.54) is 18.2 Å². The first-order valence-corrected chi connectivity index (χ1v) is 6.38. The van der Waals surface area contributed by atoms with Gasteiger partial charge in [-0.25, -0.2) is 9.69 Å². The maximum Gasteiger partial charge on any atom is 0.335 e. The number of carbonyl (C=O) groups excluding carboxylic acids is 2. The van der Waals surface area contributed by atoms with Crippen molar-refractivity contribution in [3.8, 4) is 0 Å². The van der Waals surface area contributed by atoms with Crippen LogP contribution in [-0.4, -0.2) is 22.9 Å². The number of halogens is 1. The van der Waals surface area contributed by atoms with E-state index in [1.54, 1.807) is 24.3 Å². The number of carboxylic acid groups (broad SMARTS) is 1. The number of rotatable bonds is 2. The fourth-order valence-electron chi connectivity index (χ4n) is 2.20. The molecule has 2 amide bonds. The molecule has 1 N–H and O–H groups in total. The number of hydrogen-bond acceptors (Lipinski definition) is 3. The molecule has 0 aliphatic carbocycles. The molecule has 6 heteroatoms. The number of carboxylic acids is 1. The van der Waals surface area contributed by atoms with Crippen molar-refractivity contribution in [3.63, 3.8) is 0 Å². The van der Waals surface area contributed by atoms with Crippen molar-refractivity contribution < 1.29 is 19.5 Å². The first-order chi connectivity index (χ1) is 9.99. The zero-order valence-corrected chi connectivity index (χ0v) is 11.3. The molecule has 1 heterocycles. The van der Waals surface area contributed by atoms with Crippen molar-refractivity contribution in [2.45, 2.75) is 0 Å². The monoisotopic (exact) mass is 301 g/mol. The Kier molecular flexibility index (Phi) is 2.99. The number of imide groups is 1. The van der Waals surface area contributed by atoms with E-state index < -0.39 is 17.8 Å². The molecular weight excluding hydrogens is 294 g/mol. The molecule has 0 aromatic heterocycles. The molecule has 0 bridgehead atoms. The molecule has 1 aliphatic heterocycles. The molecule has 0 saturated heterocycles. The summed E-state index contributed by atoms with van der Waals surface area (Å²) in [5, 5.41) is 9.45. The lowest BCUT2D eigenvalue weighted by atomic mass is 10.1. The molecule has 1 aliphatic rings. The summed E-state index contributed by atoms with van der Waals surface area (Å²) in [4.78, 5) is 36.6. The lowest BCUT2D eigenvalue weighted by molar-refractivity contribution is 0.0696. The van der Waals surface area contributed by atoms with Crippen LogP contribution in [0.1, 0.15) is 31.1 Å². The maximum absolute atomic E-state index is 12.3. The van der Waals surface area contributed by atoms with Crippen LogP contribution in [0.15, 0.2) is 42.5 Å². The summed E-state index contributed by atoms with van der Waals surface area (Å²) in [6.07, 6.45) is 0. The Balaban J connectivity index is 2.08. The van der Waals surface area contributed by atoms with E-state index in [1.807, 2.05) is 0 Å². The van der Waals surface area contributed by atoms with Crippen LogP contribution in [0.25, 0.3) is 0 Å². The molecule has 0 spiro atoms. The van der Waals surface area contributed by atoms with Crippen LogP contribution in [0.2, 0.25) is 5.02 Å². The number of carbonyl (C=O) groups is 3. The third-order valence-electron chi connectivity index (χ3n) is 3.22. The molecule has 3 rings (SSSR count). The van der Waals surface area contributed by atoms with Crippen molar-refractivity contribution in [3.05, 3.63) is 64.2 Å². The van der Waals surface area contributed by atoms with Crippen molar-refractivity contribution in [2.24, 2.45) is 0 Å². The van der Waals surface area contributed by atoms with Gasteiger partial charge in [0, 0.05) is 5.02 Å². The van der Waals surface area contributed by atoms with Gasteiger partial charge in [-0.3, -0.25) is 9.59 Å². The van der Waals surface area contributed by atoms with Gasteiger partial charge in [0.1, 0.15) is 0 Å². The van der Waals surface area contributed by atoms with Gasteiger partial charge in [-0.2, -0.15) is 0 Å². The molecule has 5 nitrogen and oxygen atoms in total. The Morgan fingerprint density at radius 2 is 1.57 bits per heavy atom. The lowest BCUT2D eigenvalue weighted by Gasteiger charge is -2.13. The Labute approximate surface area is 124 Å². The van der Waals surface area contributed by atoms with Crippen LogP contribution >= 0.6 is 11.6 Å². The van der Waals surface area contributed by atoms with E-state index in [0.717, 1.165) is 4.90 Å². The zero-order valence-electron chi connectivity index (χ0n) is 10.5. The number of aromatic carboxylic acids is 1. The molecule has 0 saturated carbocycles. The molecule has 0 atom stereocenters. The minimum atomic E-state index is -1.15. The third-order valence-corrected chi connectivity index (χ3v) is 3.47. The van der Waals surface area contributed by atoms with Gasteiger partial charge in [0.2, 0.25) is 0 Å². The molecule has 0 unspecified atom stereocenters. The molecule has 0 radical (unpaired) electrons. The smallest absolute Gasteiger partial charge is 0.335 e. The Morgan fingerprint density at radius 1 is 0.952 bits per heavy atom. The summed E-state index contributed by atoms with van der Waals surface area (Å²) in [6.45, 7) is 0. The number of benzene rings is 2. The van der Waals surface area contributed by atoms with E-state index in [9.17, 15) is 14.4 Å². The number of fused-ring (bicyclic) bond motifs is 1. The SMILES string of the molecule is O=C(O)c1ccc2c(c1)C(=O)N(c1ccc(Cl)cc1)C2=O. The van der Waals surface area contributed by atoms with Gasteiger partial charge >= 0.3 is 5.97 Å². The number of nitrogens with zero attached hydrogens (tertiary/aromatic N) is 1. The number of hydrogen-bond donors (Lipinski definition) is 1. The fourth-order valence-corrected chi connectivity index (χ4v) is 2.32. The highest BCUT2D eigenvalue weighted by Crippen LogP contribution is 2.29. The minimum absolute atomic E-state index is 0.0344. The first kappa shape index (κ1) is 13.3. The van der Waals surface area contributed by atoms with Crippen LogP contribution in [0, 0.1) is 0 Å². The standard InChI is InChI=1S/C15H8ClNO4/c16-9-2-4-10(5-3-9)17-13(18)11-6-1-8(15(20)21)7-12(11)14(17)19/h1-7H,(H,20,21). The zero-order chi connectivity index (χ0) is 15.1. The van der Waals surface area contributed by atoms with E-state index in [0.29, 0.717) is 10.7 Å². The lowest BCUT2D eigenvalue weighted by Crippen LogP contribution is -2.29. The van der Waals surface area contributed by atoms with Gasteiger partial charge in [-0.15, -0.1) is 0 Å². The molecule has 21 heavy (non-hydrogen) atoms. The summed E-state index contributed by atoms with van der Waals surface area (Å²) in [6, 6.07) is 10.1. The third kappa shape index (κ3) is 2.08. The predicted octanol–water partition coefficient (Wildman–Crippen LogP) is 2.84. The van der Waals surface area contributed by atoms with Gasteiger partial charge in [-0.1, -0.05) is 11.6 Å². The van der Waals surface area contributed by atoms with Gasteiger partial charge < -0.3 is 5.11 Å². The largest absolute Gasteiger partial charge is 0.478 e. The highest BCUT2D eigenvalue weighted by atomic mass is 35.5. The molecule has 2 aromatic carbocycles. The highest BCUT2D eigenvalue weighted by Gasteiger charge is 2.37. The topological polar surface area (TPSA) is 74.7 Å². The molecule has 0 fully saturated rings. The van der Waals surface area contributed by atoms with E-state index in [-0.39, 0.29) is 16.7 Å². The Hall–Kier alpha value is -2.66. The van der Waals surface area contributed by atoms with Crippen molar-refractivity contribution in [1.82, 2.24) is 0 Å². The predicted molar refractivity (Wildman–Crippen MR) is 76.0 cm³/mol. The average Bonchev–Trinajstić information content (AvgIpc) is 2.72. The highest BCUT2D eigenvalue weighted by molar-refractivity contribution is 6.35. The summed E-state index contributed by atoms with van der Waals surface area (Å²) >= 11 is 5.78. The van der Waals surface area contributed by atoms with E-state index in [2.05, 4.69) is 0 Å². The Bertz CT molecular complexity index is 783. The van der Waals surface area contributed by atoms with Crippen LogP contribution < -0.4 is 4.90 Å². The van der Waals surface area contributed by atoms with Crippen molar-refractivity contribution >= 4 is 35.1 Å². The maximum atomic E-state index is 12.3. The normalized spacial score (nSPS) is 13.5. The molecule has 104 valence electrons. The van der Waals surface area contributed by atoms with E-state index in [4.69, 9.17) is 16.7 Å². The molecule has 2 aromatic rings. The van der Waals surface area contributed by atoms with Crippen LogP contribution in [-0.2, 0) is 0 Å². The summed E-state index contributed by atoms with van der Waals surface area (Å²) < 4.78 is 0. The van der Waals surface area contributed by atoms with Crippen LogP contribution in [0.5, 0.6) is 0 Å². The van der Waals surface area contributed by atoms with E-state index >= 15 is 0 Å². The van der Waals surface area contributed by atoms with Crippen molar-refractivity contribution in [2.75, 3.05) is 4.90 Å². The first-order valence-electron chi connectivity index (χ1n) is 6.01. The van der Waals surface area contributed by atoms with Gasteiger partial charge in [0.25, 0.3) is 11.8 Å². The molecular formula is C15H8ClNO4. The second-order valence-corrected chi connectivity index (χ2v) is 4.92. The van der Waals surface area contributed by atoms with Crippen LogP contribution in [0.3, 0.4) is 0 Å². The summed E-state index contributed by atoms with van der Waals surface area (Å²) in [5.74, 6) is -2.17. The number of anilines is 1. The summed E-state index contributed by atoms with van der Waals surface area (Å²) in [5.41, 5.74) is 0.644. The fraction of sp³-hybridized carbons (Fsp3) is 0. The van der Waals surface area contributed by atoms with Gasteiger partial charge in [0.15, 0.2) is 0 Å². The van der Waals surface area contributed by atoms with Crippen molar-refractivity contribution in [1.29, 1.82) is 0 Å². The van der Waals surface area contributed by atoms with Crippen LogP contribution in [0.4, 0.5) is 5.69 Å². The average molecular weight is 302 g/mol. The Morgan fingerprint density at radius 3 is 2.19 bits per heavy atom. The van der Waals surface area contributed by atoms with Gasteiger partial charge in [-0.05, 0) is 42.5 Å². The van der Waals surface area contributed by atoms with Gasteiger partial charge in [0.05, 0.1) is 22.4 Å². The minimum Gasteiger partial charge on any atom is -0.478 e. The number of amides is 2. The second kappa shape index (κ2) is 4.71. The quantitative estimate of drug-likeness (QED) is 0.866. The summed E-state index contributed by atoms with van der Waals surface area (Å²) in [7, 11) is 0. The second-order valence-electron chi connectivity index (χ2n) is 4.49.